The lowest BCUT2D eigenvalue weighted by Gasteiger charge is -2.19. The van der Waals surface area contributed by atoms with Gasteiger partial charge in [0.1, 0.15) is 0 Å². The predicted octanol–water partition coefficient (Wildman–Crippen LogP) is 5.05. The summed E-state index contributed by atoms with van der Waals surface area (Å²) in [4.78, 5) is 12.5. The Morgan fingerprint density at radius 3 is 2.48 bits per heavy atom. The van der Waals surface area contributed by atoms with Gasteiger partial charge in [-0.25, -0.2) is 0 Å². The van der Waals surface area contributed by atoms with E-state index in [0.29, 0.717) is 6.54 Å². The lowest BCUT2D eigenvalue weighted by atomic mass is 9.87. The average Bonchev–Trinajstić information content (AvgIpc) is 3.02. The fourth-order valence-electron chi connectivity index (χ4n) is 3.77. The molecule has 1 aliphatic rings. The lowest BCUT2D eigenvalue weighted by Crippen LogP contribution is -2.30. The number of nitrogens with zero attached hydrogens (tertiary/aromatic N) is 3. The van der Waals surface area contributed by atoms with Gasteiger partial charge in [-0.1, -0.05) is 93.6 Å². The molecule has 4 rings (SSSR count). The quantitative estimate of drug-likeness (QED) is 0.610. The van der Waals surface area contributed by atoms with Gasteiger partial charge in [-0.15, -0.1) is 10.2 Å². The number of rotatable bonds is 5. The molecule has 2 heterocycles. The maximum atomic E-state index is 12.5. The van der Waals surface area contributed by atoms with E-state index in [9.17, 15) is 4.79 Å². The highest BCUT2D eigenvalue weighted by Gasteiger charge is 2.26. The van der Waals surface area contributed by atoms with Gasteiger partial charge in [0.15, 0.2) is 11.0 Å². The molecule has 6 heteroatoms. The molecule has 0 spiro atoms. The largest absolute Gasteiger partial charge is 0.355 e. The molecule has 1 N–H and O–H groups in total. The SMILES string of the molecule is CC(C)(C)c1ccc(-c2nnc(SC3CCCCNC3=O)n2Cc2ccccc2)cc1. The van der Waals surface area contributed by atoms with E-state index >= 15 is 0 Å². The number of amides is 1. The zero-order valence-electron chi connectivity index (χ0n) is 18.5. The van der Waals surface area contributed by atoms with Crippen molar-refractivity contribution in [2.24, 2.45) is 0 Å². The van der Waals surface area contributed by atoms with Gasteiger partial charge in [0.25, 0.3) is 0 Å². The summed E-state index contributed by atoms with van der Waals surface area (Å²) in [6.07, 6.45) is 2.94. The van der Waals surface area contributed by atoms with E-state index in [2.05, 4.69) is 77.3 Å². The van der Waals surface area contributed by atoms with Gasteiger partial charge in [-0.3, -0.25) is 9.36 Å². The normalized spacial score (nSPS) is 17.3. The first kappa shape index (κ1) is 21.6. The topological polar surface area (TPSA) is 59.8 Å². The molecule has 1 aliphatic heterocycles. The Hall–Kier alpha value is -2.60. The Labute approximate surface area is 188 Å². The van der Waals surface area contributed by atoms with Crippen molar-refractivity contribution in [2.45, 2.75) is 62.4 Å². The fraction of sp³-hybridized carbons (Fsp3) is 0.400. The Balaban J connectivity index is 1.68. The molecule has 1 atom stereocenters. The van der Waals surface area contributed by atoms with Crippen LogP contribution in [0.3, 0.4) is 0 Å². The van der Waals surface area contributed by atoms with Crippen LogP contribution in [0.5, 0.6) is 0 Å². The van der Waals surface area contributed by atoms with E-state index in [1.54, 1.807) is 0 Å². The second kappa shape index (κ2) is 9.27. The number of aromatic nitrogens is 3. The van der Waals surface area contributed by atoms with E-state index in [0.717, 1.165) is 42.4 Å². The Morgan fingerprint density at radius 1 is 1.03 bits per heavy atom. The number of nitrogens with one attached hydrogen (secondary N) is 1. The van der Waals surface area contributed by atoms with Crippen molar-refractivity contribution in [3.63, 3.8) is 0 Å². The zero-order chi connectivity index (χ0) is 21.8. The monoisotopic (exact) mass is 434 g/mol. The number of benzene rings is 2. The molecule has 3 aromatic rings. The summed E-state index contributed by atoms with van der Waals surface area (Å²) in [5.74, 6) is 0.939. The van der Waals surface area contributed by atoms with Gasteiger partial charge in [-0.05, 0) is 29.4 Å². The van der Waals surface area contributed by atoms with Crippen molar-refractivity contribution in [3.05, 3.63) is 65.7 Å². The molecular formula is C25H30N4OS. The van der Waals surface area contributed by atoms with Gasteiger partial charge < -0.3 is 5.32 Å². The molecule has 1 saturated heterocycles. The molecule has 31 heavy (non-hydrogen) atoms. The van der Waals surface area contributed by atoms with Crippen LogP contribution in [-0.2, 0) is 16.8 Å². The van der Waals surface area contributed by atoms with Crippen LogP contribution in [-0.4, -0.2) is 32.5 Å². The van der Waals surface area contributed by atoms with Crippen LogP contribution in [0.4, 0.5) is 0 Å². The first-order valence-electron chi connectivity index (χ1n) is 10.9. The third-order valence-corrected chi connectivity index (χ3v) is 6.89. The second-order valence-electron chi connectivity index (χ2n) is 9.10. The molecule has 5 nitrogen and oxygen atoms in total. The molecule has 2 aromatic carbocycles. The number of hydrogen-bond acceptors (Lipinski definition) is 4. The molecular weight excluding hydrogens is 404 g/mol. The minimum atomic E-state index is -0.127. The number of carbonyl (C=O) groups excluding carboxylic acids is 1. The molecule has 0 saturated carbocycles. The third-order valence-electron chi connectivity index (χ3n) is 5.64. The highest BCUT2D eigenvalue weighted by molar-refractivity contribution is 8.00. The minimum Gasteiger partial charge on any atom is -0.355 e. The Morgan fingerprint density at radius 2 is 1.77 bits per heavy atom. The maximum absolute atomic E-state index is 12.5. The highest BCUT2D eigenvalue weighted by atomic mass is 32.2. The van der Waals surface area contributed by atoms with Crippen molar-refractivity contribution in [1.29, 1.82) is 0 Å². The predicted molar refractivity (Wildman–Crippen MR) is 126 cm³/mol. The van der Waals surface area contributed by atoms with Crippen molar-refractivity contribution < 1.29 is 4.79 Å². The van der Waals surface area contributed by atoms with E-state index in [4.69, 9.17) is 0 Å². The zero-order valence-corrected chi connectivity index (χ0v) is 19.3. The summed E-state index contributed by atoms with van der Waals surface area (Å²) in [5.41, 5.74) is 3.61. The summed E-state index contributed by atoms with van der Waals surface area (Å²) in [6, 6.07) is 18.9. The van der Waals surface area contributed by atoms with E-state index in [-0.39, 0.29) is 16.6 Å². The first-order valence-corrected chi connectivity index (χ1v) is 11.8. The third kappa shape index (κ3) is 5.18. The lowest BCUT2D eigenvalue weighted by molar-refractivity contribution is -0.120. The molecule has 0 aliphatic carbocycles. The van der Waals surface area contributed by atoms with Crippen molar-refractivity contribution in [2.75, 3.05) is 6.54 Å². The smallest absolute Gasteiger partial charge is 0.233 e. The van der Waals surface area contributed by atoms with E-state index < -0.39 is 0 Å². The maximum Gasteiger partial charge on any atom is 0.233 e. The number of hydrogen-bond donors (Lipinski definition) is 1. The molecule has 162 valence electrons. The summed E-state index contributed by atoms with van der Waals surface area (Å²) in [6.45, 7) is 8.07. The minimum absolute atomic E-state index is 0.101. The van der Waals surface area contributed by atoms with Crippen molar-refractivity contribution in [1.82, 2.24) is 20.1 Å². The summed E-state index contributed by atoms with van der Waals surface area (Å²) in [7, 11) is 0. The molecule has 0 bridgehead atoms. The number of carbonyl (C=O) groups is 1. The van der Waals surface area contributed by atoms with Gasteiger partial charge in [0.05, 0.1) is 11.8 Å². The summed E-state index contributed by atoms with van der Waals surface area (Å²) >= 11 is 1.53. The van der Waals surface area contributed by atoms with Gasteiger partial charge >= 0.3 is 0 Å². The van der Waals surface area contributed by atoms with Crippen LogP contribution in [0.25, 0.3) is 11.4 Å². The first-order chi connectivity index (χ1) is 14.9. The molecule has 1 unspecified atom stereocenters. The summed E-state index contributed by atoms with van der Waals surface area (Å²) < 4.78 is 2.14. The number of thioether (sulfide) groups is 1. The van der Waals surface area contributed by atoms with Gasteiger partial charge in [0.2, 0.25) is 5.91 Å². The molecule has 1 amide bonds. The molecule has 1 aromatic heterocycles. The van der Waals surface area contributed by atoms with Crippen molar-refractivity contribution >= 4 is 17.7 Å². The van der Waals surface area contributed by atoms with E-state index in [1.165, 1.54) is 22.9 Å². The van der Waals surface area contributed by atoms with Crippen LogP contribution in [0, 0.1) is 0 Å². The fourth-order valence-corrected chi connectivity index (χ4v) is 4.86. The molecule has 0 radical (unpaired) electrons. The molecule has 1 fully saturated rings. The Kier molecular flexibility index (Phi) is 6.46. The second-order valence-corrected chi connectivity index (χ2v) is 10.3. The highest BCUT2D eigenvalue weighted by Crippen LogP contribution is 2.31. The standard InChI is InChI=1S/C25H30N4OS/c1-25(2,3)20-14-12-19(13-15-20)22-27-28-24(29(22)17-18-9-5-4-6-10-18)31-21-11-7-8-16-26-23(21)30/h4-6,9-10,12-15,21H,7-8,11,16-17H2,1-3H3,(H,26,30). The summed E-state index contributed by atoms with van der Waals surface area (Å²) in [5, 5.41) is 12.8. The van der Waals surface area contributed by atoms with Crippen molar-refractivity contribution in [3.8, 4) is 11.4 Å². The Bertz CT molecular complexity index is 1020. The van der Waals surface area contributed by atoms with Crippen LogP contribution in [0.1, 0.15) is 51.2 Å². The van der Waals surface area contributed by atoms with E-state index in [1.807, 2.05) is 18.2 Å². The van der Waals surface area contributed by atoms with Gasteiger partial charge in [0, 0.05) is 12.1 Å². The van der Waals surface area contributed by atoms with Crippen LogP contribution < -0.4 is 5.32 Å². The van der Waals surface area contributed by atoms with Crippen LogP contribution in [0.2, 0.25) is 0 Å². The van der Waals surface area contributed by atoms with Gasteiger partial charge in [-0.2, -0.15) is 0 Å². The van der Waals surface area contributed by atoms with Crippen LogP contribution >= 0.6 is 11.8 Å². The van der Waals surface area contributed by atoms with Crippen LogP contribution in [0.15, 0.2) is 59.8 Å². The average molecular weight is 435 g/mol.